The summed E-state index contributed by atoms with van der Waals surface area (Å²) >= 11 is 0. The summed E-state index contributed by atoms with van der Waals surface area (Å²) in [5.74, 6) is -0.615. The van der Waals surface area contributed by atoms with Crippen LogP contribution in [-0.2, 0) is 29.1 Å². The fourth-order valence-corrected chi connectivity index (χ4v) is 4.54. The Labute approximate surface area is 156 Å². The maximum atomic E-state index is 13.2. The molecule has 5 rings (SSSR count). The maximum Gasteiger partial charge on any atom is 0.313 e. The number of hydrogen-bond acceptors (Lipinski definition) is 4. The molecule has 0 unspecified atom stereocenters. The van der Waals surface area contributed by atoms with Crippen molar-refractivity contribution in [1.82, 2.24) is 9.55 Å². The van der Waals surface area contributed by atoms with Gasteiger partial charge in [0.1, 0.15) is 6.61 Å². The SMILES string of the molecule is CCc1c2c(nc3ccccc13)-c1cc3c(c(=O)n1C2)COC(=O)[C@@H]3CC. The molecule has 0 N–H and O–H groups in total. The Bertz CT molecular complexity index is 1180. The summed E-state index contributed by atoms with van der Waals surface area (Å²) in [4.78, 5) is 30.2. The minimum atomic E-state index is -0.373. The first-order valence-electron chi connectivity index (χ1n) is 9.48. The lowest BCUT2D eigenvalue weighted by Gasteiger charge is -2.24. The Morgan fingerprint density at radius 1 is 1.19 bits per heavy atom. The van der Waals surface area contributed by atoms with Crippen molar-refractivity contribution in [3.05, 3.63) is 62.9 Å². The number of hydrogen-bond donors (Lipinski definition) is 0. The van der Waals surface area contributed by atoms with Gasteiger partial charge in [0.15, 0.2) is 0 Å². The van der Waals surface area contributed by atoms with Crippen LogP contribution in [0.2, 0.25) is 0 Å². The quantitative estimate of drug-likeness (QED) is 0.513. The van der Waals surface area contributed by atoms with Crippen molar-refractivity contribution in [1.29, 1.82) is 0 Å². The molecule has 0 bridgehead atoms. The van der Waals surface area contributed by atoms with Gasteiger partial charge in [0, 0.05) is 10.9 Å². The average molecular weight is 360 g/mol. The molecule has 0 saturated heterocycles. The molecule has 0 aliphatic carbocycles. The molecule has 1 aromatic carbocycles. The highest BCUT2D eigenvalue weighted by atomic mass is 16.5. The van der Waals surface area contributed by atoms with Crippen LogP contribution in [0.3, 0.4) is 0 Å². The first-order chi connectivity index (χ1) is 13.1. The van der Waals surface area contributed by atoms with Crippen molar-refractivity contribution in [2.75, 3.05) is 0 Å². The molecule has 136 valence electrons. The summed E-state index contributed by atoms with van der Waals surface area (Å²) in [5.41, 5.74) is 6.37. The molecule has 1 atom stereocenters. The van der Waals surface area contributed by atoms with Gasteiger partial charge >= 0.3 is 5.97 Å². The third-order valence-electron chi connectivity index (χ3n) is 5.89. The van der Waals surface area contributed by atoms with Crippen LogP contribution in [0.15, 0.2) is 35.1 Å². The van der Waals surface area contributed by atoms with Crippen LogP contribution in [0.1, 0.15) is 48.4 Å². The molecule has 0 radical (unpaired) electrons. The van der Waals surface area contributed by atoms with E-state index in [1.165, 1.54) is 5.56 Å². The molecule has 3 aromatic rings. The Morgan fingerprint density at radius 2 is 2.00 bits per heavy atom. The lowest BCUT2D eigenvalue weighted by Crippen LogP contribution is -2.32. The number of ether oxygens (including phenoxy) is 1. The number of esters is 1. The fourth-order valence-electron chi connectivity index (χ4n) is 4.54. The van der Waals surface area contributed by atoms with Crippen LogP contribution in [0.25, 0.3) is 22.3 Å². The fraction of sp³-hybridized carbons (Fsp3) is 0.318. The Hall–Kier alpha value is -2.95. The smallest absolute Gasteiger partial charge is 0.313 e. The van der Waals surface area contributed by atoms with E-state index >= 15 is 0 Å². The van der Waals surface area contributed by atoms with Gasteiger partial charge in [-0.3, -0.25) is 9.59 Å². The summed E-state index contributed by atoms with van der Waals surface area (Å²) < 4.78 is 7.06. The van der Waals surface area contributed by atoms with Gasteiger partial charge in [0.2, 0.25) is 0 Å². The van der Waals surface area contributed by atoms with Crippen molar-refractivity contribution in [3.63, 3.8) is 0 Å². The van der Waals surface area contributed by atoms with Gasteiger partial charge < -0.3 is 9.30 Å². The van der Waals surface area contributed by atoms with Crippen molar-refractivity contribution in [3.8, 4) is 11.4 Å². The molecule has 0 fully saturated rings. The largest absolute Gasteiger partial charge is 0.460 e. The Morgan fingerprint density at radius 3 is 2.78 bits per heavy atom. The molecule has 5 heteroatoms. The van der Waals surface area contributed by atoms with Crippen LogP contribution in [0, 0.1) is 0 Å². The van der Waals surface area contributed by atoms with Crippen molar-refractivity contribution in [2.24, 2.45) is 0 Å². The highest BCUT2D eigenvalue weighted by Gasteiger charge is 2.34. The molecule has 2 aliphatic heterocycles. The predicted octanol–water partition coefficient (Wildman–Crippen LogP) is 3.54. The number of aryl methyl sites for hydroxylation is 1. The van der Waals surface area contributed by atoms with Crippen LogP contribution in [0.4, 0.5) is 0 Å². The molecular formula is C22H20N2O3. The molecular weight excluding hydrogens is 340 g/mol. The maximum absolute atomic E-state index is 13.2. The van der Waals surface area contributed by atoms with E-state index < -0.39 is 0 Å². The molecule has 0 spiro atoms. The monoisotopic (exact) mass is 360 g/mol. The number of rotatable bonds is 2. The zero-order chi connectivity index (χ0) is 18.7. The van der Waals surface area contributed by atoms with Crippen LogP contribution in [-0.4, -0.2) is 15.5 Å². The lowest BCUT2D eigenvalue weighted by atomic mass is 9.90. The molecule has 2 aromatic heterocycles. The summed E-state index contributed by atoms with van der Waals surface area (Å²) in [6, 6.07) is 10.1. The number of para-hydroxylation sites is 1. The van der Waals surface area contributed by atoms with E-state index in [1.807, 2.05) is 31.2 Å². The first kappa shape index (κ1) is 16.2. The van der Waals surface area contributed by atoms with E-state index in [9.17, 15) is 9.59 Å². The number of nitrogens with zero attached hydrogens (tertiary/aromatic N) is 2. The standard InChI is InChI=1S/C22H20N2O3/c1-3-12-14-7-5-6-8-18(14)23-20-16(12)10-24-19(20)9-15-13(4-2)22(26)27-11-17(15)21(24)25/h5-9,13H,3-4,10-11H2,1-2H3/t13-/m1/s1. The van der Waals surface area contributed by atoms with E-state index in [4.69, 9.17) is 9.72 Å². The number of carbonyl (C=O) groups is 1. The number of fused-ring (bicyclic) bond motifs is 5. The third kappa shape index (κ3) is 2.14. The summed E-state index contributed by atoms with van der Waals surface area (Å²) in [5, 5.41) is 1.15. The van der Waals surface area contributed by atoms with Crippen molar-refractivity contribution in [2.45, 2.75) is 45.8 Å². The van der Waals surface area contributed by atoms with Crippen LogP contribution >= 0.6 is 0 Å². The minimum Gasteiger partial charge on any atom is -0.460 e. The first-order valence-corrected chi connectivity index (χ1v) is 9.48. The number of carbonyl (C=O) groups excluding carboxylic acids is 1. The third-order valence-corrected chi connectivity index (χ3v) is 5.89. The zero-order valence-corrected chi connectivity index (χ0v) is 15.4. The van der Waals surface area contributed by atoms with Gasteiger partial charge in [0.05, 0.1) is 34.9 Å². The number of aromatic nitrogens is 2. The van der Waals surface area contributed by atoms with E-state index in [0.717, 1.165) is 39.8 Å². The highest BCUT2D eigenvalue weighted by molar-refractivity contribution is 5.88. The topological polar surface area (TPSA) is 61.2 Å². The Balaban J connectivity index is 1.82. The summed E-state index contributed by atoms with van der Waals surface area (Å²) in [6.07, 6.45) is 1.50. The van der Waals surface area contributed by atoms with E-state index in [0.29, 0.717) is 18.5 Å². The number of cyclic esters (lactones) is 1. The van der Waals surface area contributed by atoms with Crippen LogP contribution < -0.4 is 5.56 Å². The van der Waals surface area contributed by atoms with Gasteiger partial charge in [0.25, 0.3) is 5.56 Å². The normalized spacial score (nSPS) is 17.4. The van der Waals surface area contributed by atoms with Gasteiger partial charge in [-0.1, -0.05) is 32.0 Å². The average Bonchev–Trinajstić information content (AvgIpc) is 3.05. The number of pyridine rings is 2. The van der Waals surface area contributed by atoms with E-state index in [-0.39, 0.29) is 24.1 Å². The van der Waals surface area contributed by atoms with Crippen molar-refractivity contribution >= 4 is 16.9 Å². The van der Waals surface area contributed by atoms with E-state index in [1.54, 1.807) is 4.57 Å². The number of benzene rings is 1. The molecule has 2 aliphatic rings. The van der Waals surface area contributed by atoms with Crippen molar-refractivity contribution < 1.29 is 9.53 Å². The summed E-state index contributed by atoms with van der Waals surface area (Å²) in [7, 11) is 0. The van der Waals surface area contributed by atoms with E-state index in [2.05, 4.69) is 13.0 Å². The lowest BCUT2D eigenvalue weighted by molar-refractivity contribution is -0.148. The minimum absolute atomic E-state index is 0.0578. The Kier molecular flexibility index (Phi) is 3.47. The van der Waals surface area contributed by atoms with Gasteiger partial charge in [-0.05, 0) is 36.1 Å². The molecule has 5 nitrogen and oxygen atoms in total. The molecule has 0 saturated carbocycles. The molecule has 0 amide bonds. The van der Waals surface area contributed by atoms with Gasteiger partial charge in [-0.25, -0.2) is 4.98 Å². The molecule has 27 heavy (non-hydrogen) atoms. The predicted molar refractivity (Wildman–Crippen MR) is 103 cm³/mol. The van der Waals surface area contributed by atoms with Gasteiger partial charge in [-0.2, -0.15) is 0 Å². The summed E-state index contributed by atoms with van der Waals surface area (Å²) in [6.45, 7) is 4.68. The highest BCUT2D eigenvalue weighted by Crippen LogP contribution is 2.38. The second-order valence-corrected chi connectivity index (χ2v) is 7.21. The zero-order valence-electron chi connectivity index (χ0n) is 15.4. The second kappa shape index (κ2) is 5.78. The molecule has 4 heterocycles. The van der Waals surface area contributed by atoms with Crippen LogP contribution in [0.5, 0.6) is 0 Å². The second-order valence-electron chi connectivity index (χ2n) is 7.21. The van der Waals surface area contributed by atoms with Gasteiger partial charge in [-0.15, -0.1) is 0 Å².